The first kappa shape index (κ1) is 16.6. The van der Waals surface area contributed by atoms with Gasteiger partial charge in [0.2, 0.25) is 0 Å². The normalized spacial score (nSPS) is 20.2. The van der Waals surface area contributed by atoms with Gasteiger partial charge in [-0.25, -0.2) is 9.78 Å². The topological polar surface area (TPSA) is 72.1 Å². The van der Waals surface area contributed by atoms with Crippen molar-refractivity contribution in [2.24, 2.45) is 5.41 Å². The highest BCUT2D eigenvalue weighted by Gasteiger charge is 2.35. The average molecular weight is 330 g/mol. The van der Waals surface area contributed by atoms with Gasteiger partial charge in [0.25, 0.3) is 0 Å². The molecule has 3 rings (SSSR count). The number of aromatic nitrogens is 2. The molecule has 0 saturated carbocycles. The van der Waals surface area contributed by atoms with Crippen LogP contribution in [0, 0.1) is 12.3 Å². The second-order valence-electron chi connectivity index (χ2n) is 7.61. The number of aryl methyl sites for hydroxylation is 1. The summed E-state index contributed by atoms with van der Waals surface area (Å²) in [5.41, 5.74) is 1.22. The first-order valence-corrected chi connectivity index (χ1v) is 8.44. The van der Waals surface area contributed by atoms with E-state index in [1.165, 1.54) is 0 Å². The monoisotopic (exact) mass is 330 g/mol. The van der Waals surface area contributed by atoms with E-state index in [1.807, 2.05) is 30.7 Å². The van der Waals surface area contributed by atoms with Crippen LogP contribution in [-0.4, -0.2) is 21.6 Å². The molecule has 1 aliphatic rings. The molecule has 0 aliphatic heterocycles. The van der Waals surface area contributed by atoms with Crippen molar-refractivity contribution in [3.8, 4) is 0 Å². The molecule has 6 heteroatoms. The van der Waals surface area contributed by atoms with E-state index in [9.17, 15) is 4.79 Å². The average Bonchev–Trinajstić information content (AvgIpc) is 3.06. The van der Waals surface area contributed by atoms with Crippen LogP contribution in [0.5, 0.6) is 0 Å². The molecule has 1 aliphatic carbocycles. The van der Waals surface area contributed by atoms with Crippen molar-refractivity contribution in [1.82, 2.24) is 20.2 Å². The van der Waals surface area contributed by atoms with E-state index >= 15 is 0 Å². The fourth-order valence-corrected chi connectivity index (χ4v) is 3.49. The number of hydrogen-bond acceptors (Lipinski definition) is 3. The molecule has 0 aromatic carbocycles. The highest BCUT2D eigenvalue weighted by atomic mass is 16.3. The Balaban J connectivity index is 1.63. The lowest BCUT2D eigenvalue weighted by atomic mass is 9.75. The Labute approximate surface area is 142 Å². The van der Waals surface area contributed by atoms with Crippen LogP contribution in [0.4, 0.5) is 4.79 Å². The van der Waals surface area contributed by atoms with Crippen molar-refractivity contribution in [2.45, 2.75) is 59.2 Å². The molecule has 0 unspecified atom stereocenters. The van der Waals surface area contributed by atoms with Gasteiger partial charge in [-0.05, 0) is 31.7 Å². The first-order valence-electron chi connectivity index (χ1n) is 8.44. The molecular weight excluding hydrogens is 304 g/mol. The number of rotatable bonds is 4. The van der Waals surface area contributed by atoms with Gasteiger partial charge in [0.05, 0.1) is 12.4 Å². The van der Waals surface area contributed by atoms with E-state index < -0.39 is 0 Å². The van der Waals surface area contributed by atoms with Gasteiger partial charge in [-0.15, -0.1) is 0 Å². The van der Waals surface area contributed by atoms with Crippen LogP contribution in [0.3, 0.4) is 0 Å². The minimum absolute atomic E-state index is 0.0124. The zero-order chi connectivity index (χ0) is 17.3. The predicted octanol–water partition coefficient (Wildman–Crippen LogP) is 3.19. The Kier molecular flexibility index (Phi) is 4.39. The second-order valence-corrected chi connectivity index (χ2v) is 7.61. The van der Waals surface area contributed by atoms with E-state index in [0.717, 1.165) is 29.9 Å². The molecule has 0 saturated heterocycles. The van der Waals surface area contributed by atoms with E-state index in [0.29, 0.717) is 6.54 Å². The molecule has 0 bridgehead atoms. The third kappa shape index (κ3) is 3.80. The van der Waals surface area contributed by atoms with Crippen LogP contribution < -0.4 is 10.6 Å². The van der Waals surface area contributed by atoms with Crippen LogP contribution in [0.25, 0.3) is 0 Å². The standard InChI is InChI=1S/C18H26N4O2/c1-12(10-22-6-5-19-11-22)20-17(23)21-15-8-18(3,4)9-16-14(15)7-13(2)24-16/h5-7,11-12,15H,8-10H2,1-4H3,(H2,20,21,23)/t12-,15-/m1/s1. The molecule has 0 spiro atoms. The Bertz CT molecular complexity index is 703. The van der Waals surface area contributed by atoms with Crippen LogP contribution in [0.2, 0.25) is 0 Å². The molecular formula is C18H26N4O2. The van der Waals surface area contributed by atoms with Crippen LogP contribution in [0.1, 0.15) is 50.3 Å². The summed E-state index contributed by atoms with van der Waals surface area (Å²) in [6.45, 7) is 9.05. The number of hydrogen-bond donors (Lipinski definition) is 2. The highest BCUT2D eigenvalue weighted by molar-refractivity contribution is 5.74. The summed E-state index contributed by atoms with van der Waals surface area (Å²) in [5, 5.41) is 6.12. The summed E-state index contributed by atoms with van der Waals surface area (Å²) >= 11 is 0. The van der Waals surface area contributed by atoms with E-state index in [4.69, 9.17) is 4.42 Å². The fourth-order valence-electron chi connectivity index (χ4n) is 3.49. The molecule has 2 amide bonds. The lowest BCUT2D eigenvalue weighted by Gasteiger charge is -2.34. The van der Waals surface area contributed by atoms with Crippen LogP contribution >= 0.6 is 0 Å². The molecule has 2 aromatic heterocycles. The third-order valence-corrected chi connectivity index (χ3v) is 4.46. The number of nitrogens with zero attached hydrogens (tertiary/aromatic N) is 2. The van der Waals surface area contributed by atoms with Crippen molar-refractivity contribution in [2.75, 3.05) is 0 Å². The smallest absolute Gasteiger partial charge is 0.315 e. The van der Waals surface area contributed by atoms with Crippen molar-refractivity contribution in [3.63, 3.8) is 0 Å². The number of fused-ring (bicyclic) bond motifs is 1. The predicted molar refractivity (Wildman–Crippen MR) is 91.6 cm³/mol. The van der Waals surface area contributed by atoms with Gasteiger partial charge in [-0.1, -0.05) is 13.8 Å². The van der Waals surface area contributed by atoms with Crippen LogP contribution in [0.15, 0.2) is 29.2 Å². The largest absolute Gasteiger partial charge is 0.466 e. The maximum Gasteiger partial charge on any atom is 0.315 e. The molecule has 2 N–H and O–H groups in total. The zero-order valence-corrected chi connectivity index (χ0v) is 14.8. The molecule has 6 nitrogen and oxygen atoms in total. The minimum atomic E-state index is -0.143. The lowest BCUT2D eigenvalue weighted by Crippen LogP contribution is -2.45. The molecule has 2 atom stereocenters. The number of carbonyl (C=O) groups is 1. The van der Waals surface area contributed by atoms with E-state index in [1.54, 1.807) is 12.5 Å². The summed E-state index contributed by atoms with van der Waals surface area (Å²) < 4.78 is 7.77. The van der Waals surface area contributed by atoms with Crippen molar-refractivity contribution < 1.29 is 9.21 Å². The summed E-state index contributed by atoms with van der Waals surface area (Å²) in [6, 6.07) is 1.91. The summed E-state index contributed by atoms with van der Waals surface area (Å²) in [5.74, 6) is 1.90. The first-order chi connectivity index (χ1) is 11.3. The number of nitrogens with one attached hydrogen (secondary N) is 2. The Morgan fingerprint density at radius 2 is 2.33 bits per heavy atom. The van der Waals surface area contributed by atoms with Gasteiger partial charge in [0, 0.05) is 37.0 Å². The summed E-state index contributed by atoms with van der Waals surface area (Å²) in [7, 11) is 0. The number of amides is 2. The van der Waals surface area contributed by atoms with Crippen molar-refractivity contribution in [3.05, 3.63) is 41.9 Å². The van der Waals surface area contributed by atoms with Crippen LogP contribution in [-0.2, 0) is 13.0 Å². The Hall–Kier alpha value is -2.24. The van der Waals surface area contributed by atoms with Crippen molar-refractivity contribution >= 4 is 6.03 Å². The number of imidazole rings is 1. The fraction of sp³-hybridized carbons (Fsp3) is 0.556. The zero-order valence-electron chi connectivity index (χ0n) is 14.8. The Morgan fingerprint density at radius 3 is 3.04 bits per heavy atom. The molecule has 2 aromatic rings. The lowest BCUT2D eigenvalue weighted by molar-refractivity contribution is 0.211. The van der Waals surface area contributed by atoms with Gasteiger partial charge in [-0.2, -0.15) is 0 Å². The summed E-state index contributed by atoms with van der Waals surface area (Å²) in [6.07, 6.45) is 7.19. The van der Waals surface area contributed by atoms with Crippen molar-refractivity contribution in [1.29, 1.82) is 0 Å². The molecule has 0 radical (unpaired) electrons. The van der Waals surface area contributed by atoms with Gasteiger partial charge < -0.3 is 19.6 Å². The third-order valence-electron chi connectivity index (χ3n) is 4.46. The molecule has 2 heterocycles. The van der Waals surface area contributed by atoms with Gasteiger partial charge in [-0.3, -0.25) is 0 Å². The number of furan rings is 1. The number of carbonyl (C=O) groups excluding carboxylic acids is 1. The quantitative estimate of drug-likeness (QED) is 0.904. The molecule has 130 valence electrons. The summed E-state index contributed by atoms with van der Waals surface area (Å²) in [4.78, 5) is 16.4. The highest BCUT2D eigenvalue weighted by Crippen LogP contribution is 2.41. The van der Waals surface area contributed by atoms with Gasteiger partial charge >= 0.3 is 6.03 Å². The maximum atomic E-state index is 12.4. The Morgan fingerprint density at radius 1 is 1.54 bits per heavy atom. The molecule has 0 fully saturated rings. The van der Waals surface area contributed by atoms with Gasteiger partial charge in [0.1, 0.15) is 11.5 Å². The number of urea groups is 1. The second kappa shape index (κ2) is 6.34. The van der Waals surface area contributed by atoms with E-state index in [2.05, 4.69) is 29.5 Å². The van der Waals surface area contributed by atoms with E-state index in [-0.39, 0.29) is 23.5 Å². The SMILES string of the molecule is Cc1cc2c(o1)CC(C)(C)C[C@H]2NC(=O)N[C@H](C)Cn1ccnc1. The minimum Gasteiger partial charge on any atom is -0.466 e. The molecule has 24 heavy (non-hydrogen) atoms. The maximum absolute atomic E-state index is 12.4. The van der Waals surface area contributed by atoms with Gasteiger partial charge in [0.15, 0.2) is 0 Å².